The Bertz CT molecular complexity index is 374. The Hall–Kier alpha value is -1.68. The minimum absolute atomic E-state index is 0.135. The molecular weight excluding hydrogens is 194 g/mol. The monoisotopic (exact) mass is 207 g/mol. The van der Waals surface area contributed by atoms with Crippen LogP contribution in [0.15, 0.2) is 24.3 Å². The van der Waals surface area contributed by atoms with Crippen molar-refractivity contribution >= 4 is 11.8 Å². The van der Waals surface area contributed by atoms with Crippen LogP contribution in [0.25, 0.3) is 0 Å². The number of carboxylic acid groups (broad SMARTS) is 1. The van der Waals surface area contributed by atoms with Gasteiger partial charge in [0.2, 0.25) is 0 Å². The maximum absolute atomic E-state index is 10.8. The number of aryl methyl sites for hydroxylation is 1. The second-order valence-corrected chi connectivity index (χ2v) is 3.26. The van der Waals surface area contributed by atoms with E-state index in [1.54, 1.807) is 0 Å². The largest absolute Gasteiger partial charge is 0.475 e. The lowest BCUT2D eigenvalue weighted by atomic mass is 10.1. The second-order valence-electron chi connectivity index (χ2n) is 3.26. The second kappa shape index (κ2) is 5.26. The van der Waals surface area contributed by atoms with Crippen molar-refractivity contribution in [3.63, 3.8) is 0 Å². The fraction of sp³-hybridized carbons (Fsp3) is 0.273. The maximum atomic E-state index is 10.8. The van der Waals surface area contributed by atoms with E-state index in [0.717, 1.165) is 11.1 Å². The number of rotatable bonds is 5. The molecule has 0 aliphatic rings. The van der Waals surface area contributed by atoms with Gasteiger partial charge in [0.1, 0.15) is 0 Å². The minimum Gasteiger partial charge on any atom is -0.475 e. The molecule has 0 unspecified atom stereocenters. The number of hydrogen-bond donors (Lipinski definition) is 2. The highest BCUT2D eigenvalue weighted by molar-refractivity contribution is 6.33. The Labute approximate surface area is 87.9 Å². The van der Waals surface area contributed by atoms with E-state index < -0.39 is 11.8 Å². The molecule has 0 radical (unpaired) electrons. The molecule has 80 valence electrons. The summed E-state index contributed by atoms with van der Waals surface area (Å²) in [4.78, 5) is 21.0. The van der Waals surface area contributed by atoms with Gasteiger partial charge in [-0.1, -0.05) is 24.3 Å². The van der Waals surface area contributed by atoms with Crippen LogP contribution in [0.4, 0.5) is 0 Å². The van der Waals surface area contributed by atoms with E-state index in [-0.39, 0.29) is 6.54 Å². The van der Waals surface area contributed by atoms with Crippen LogP contribution in [0.2, 0.25) is 0 Å². The number of nitrogens with one attached hydrogen (secondary N) is 1. The molecule has 1 aromatic rings. The molecule has 0 fully saturated rings. The first-order chi connectivity index (χ1) is 7.11. The van der Waals surface area contributed by atoms with Gasteiger partial charge in [-0.15, -0.1) is 0 Å². The standard InChI is InChI=1S/C11H13NO3/c1-8-4-2-3-5-9(8)6-12-7-10(13)11(14)15/h2-5,12H,6-7H2,1H3,(H,14,15). The Balaban J connectivity index is 2.42. The number of Topliss-reactive ketones (excluding diaryl/α,β-unsaturated/α-hetero) is 1. The number of benzene rings is 1. The minimum atomic E-state index is -1.40. The molecule has 0 aliphatic heterocycles. The van der Waals surface area contributed by atoms with E-state index in [1.807, 2.05) is 31.2 Å². The van der Waals surface area contributed by atoms with Gasteiger partial charge in [-0.25, -0.2) is 4.79 Å². The van der Waals surface area contributed by atoms with E-state index in [4.69, 9.17) is 5.11 Å². The maximum Gasteiger partial charge on any atom is 0.373 e. The summed E-state index contributed by atoms with van der Waals surface area (Å²) in [6.07, 6.45) is 0. The third-order valence-corrected chi connectivity index (χ3v) is 2.10. The van der Waals surface area contributed by atoms with Crippen molar-refractivity contribution in [1.29, 1.82) is 0 Å². The van der Waals surface area contributed by atoms with Crippen molar-refractivity contribution in [2.45, 2.75) is 13.5 Å². The number of carbonyl (C=O) groups excluding carboxylic acids is 1. The molecule has 15 heavy (non-hydrogen) atoms. The zero-order valence-corrected chi connectivity index (χ0v) is 8.49. The van der Waals surface area contributed by atoms with Crippen LogP contribution in [0.5, 0.6) is 0 Å². The fourth-order valence-corrected chi connectivity index (χ4v) is 1.19. The van der Waals surface area contributed by atoms with Gasteiger partial charge in [0, 0.05) is 6.54 Å². The molecule has 0 spiro atoms. The molecule has 0 bridgehead atoms. The molecule has 0 saturated heterocycles. The van der Waals surface area contributed by atoms with Crippen molar-refractivity contribution in [3.05, 3.63) is 35.4 Å². The van der Waals surface area contributed by atoms with Gasteiger partial charge in [-0.3, -0.25) is 4.79 Å². The lowest BCUT2D eigenvalue weighted by Crippen LogP contribution is -2.28. The van der Waals surface area contributed by atoms with Crippen LogP contribution < -0.4 is 5.32 Å². The molecule has 2 N–H and O–H groups in total. The molecule has 4 heteroatoms. The van der Waals surface area contributed by atoms with Crippen LogP contribution in [0, 0.1) is 6.92 Å². The van der Waals surface area contributed by atoms with Gasteiger partial charge >= 0.3 is 5.97 Å². The number of hydrogen-bond acceptors (Lipinski definition) is 3. The predicted molar refractivity (Wildman–Crippen MR) is 55.5 cm³/mol. The highest BCUT2D eigenvalue weighted by atomic mass is 16.4. The first-order valence-corrected chi connectivity index (χ1v) is 4.62. The van der Waals surface area contributed by atoms with Gasteiger partial charge in [-0.05, 0) is 18.1 Å². The normalized spacial score (nSPS) is 9.93. The van der Waals surface area contributed by atoms with Gasteiger partial charge in [0.05, 0.1) is 6.54 Å². The van der Waals surface area contributed by atoms with E-state index >= 15 is 0 Å². The first-order valence-electron chi connectivity index (χ1n) is 4.62. The summed E-state index contributed by atoms with van der Waals surface area (Å²) in [7, 11) is 0. The quantitative estimate of drug-likeness (QED) is 0.699. The average molecular weight is 207 g/mol. The summed E-state index contributed by atoms with van der Waals surface area (Å²) in [5.41, 5.74) is 2.18. The van der Waals surface area contributed by atoms with E-state index in [1.165, 1.54) is 0 Å². The number of carbonyl (C=O) groups is 2. The SMILES string of the molecule is Cc1ccccc1CNCC(=O)C(=O)O. The number of ketones is 1. The fourth-order valence-electron chi connectivity index (χ4n) is 1.19. The Morgan fingerprint density at radius 3 is 2.60 bits per heavy atom. The third kappa shape index (κ3) is 3.52. The smallest absolute Gasteiger partial charge is 0.373 e. The van der Waals surface area contributed by atoms with E-state index in [0.29, 0.717) is 6.54 Å². The van der Waals surface area contributed by atoms with Crippen molar-refractivity contribution in [3.8, 4) is 0 Å². The zero-order valence-electron chi connectivity index (χ0n) is 8.49. The molecule has 0 atom stereocenters. The van der Waals surface area contributed by atoms with Crippen LogP contribution in [-0.2, 0) is 16.1 Å². The third-order valence-electron chi connectivity index (χ3n) is 2.10. The lowest BCUT2D eigenvalue weighted by Gasteiger charge is -2.05. The van der Waals surface area contributed by atoms with Gasteiger partial charge in [0.15, 0.2) is 0 Å². The molecule has 4 nitrogen and oxygen atoms in total. The topological polar surface area (TPSA) is 66.4 Å². The first kappa shape index (κ1) is 11.4. The summed E-state index contributed by atoms with van der Waals surface area (Å²) < 4.78 is 0. The Morgan fingerprint density at radius 1 is 1.33 bits per heavy atom. The summed E-state index contributed by atoms with van der Waals surface area (Å²) in [6.45, 7) is 2.34. The highest BCUT2D eigenvalue weighted by Crippen LogP contribution is 2.05. The highest BCUT2D eigenvalue weighted by Gasteiger charge is 2.09. The molecule has 0 saturated carbocycles. The van der Waals surface area contributed by atoms with Crippen molar-refractivity contribution in [1.82, 2.24) is 5.32 Å². The average Bonchev–Trinajstić information content (AvgIpc) is 2.20. The summed E-state index contributed by atoms with van der Waals surface area (Å²) in [6, 6.07) is 7.74. The Kier molecular flexibility index (Phi) is 4.00. The lowest BCUT2D eigenvalue weighted by molar-refractivity contribution is -0.148. The molecule has 0 heterocycles. The van der Waals surface area contributed by atoms with Crippen molar-refractivity contribution in [2.75, 3.05) is 6.54 Å². The van der Waals surface area contributed by atoms with E-state index in [9.17, 15) is 9.59 Å². The van der Waals surface area contributed by atoms with Crippen LogP contribution in [0.3, 0.4) is 0 Å². The summed E-state index contributed by atoms with van der Waals surface area (Å²) in [5, 5.41) is 11.1. The van der Waals surface area contributed by atoms with Gasteiger partial charge in [0.25, 0.3) is 5.78 Å². The summed E-state index contributed by atoms with van der Waals surface area (Å²) >= 11 is 0. The zero-order chi connectivity index (χ0) is 11.3. The summed E-state index contributed by atoms with van der Waals surface area (Å²) in [5.74, 6) is -2.21. The van der Waals surface area contributed by atoms with Gasteiger partial charge < -0.3 is 10.4 Å². The van der Waals surface area contributed by atoms with Crippen molar-refractivity contribution in [2.24, 2.45) is 0 Å². The molecule has 1 aromatic carbocycles. The molecular formula is C11H13NO3. The Morgan fingerprint density at radius 2 is 2.00 bits per heavy atom. The molecule has 0 aliphatic carbocycles. The number of carboxylic acids is 1. The van der Waals surface area contributed by atoms with Crippen LogP contribution in [-0.4, -0.2) is 23.4 Å². The van der Waals surface area contributed by atoms with Crippen LogP contribution >= 0.6 is 0 Å². The van der Waals surface area contributed by atoms with Gasteiger partial charge in [-0.2, -0.15) is 0 Å². The molecule has 0 amide bonds. The predicted octanol–water partition coefficient (Wildman–Crippen LogP) is 0.738. The molecule has 1 rings (SSSR count). The van der Waals surface area contributed by atoms with E-state index in [2.05, 4.69) is 5.32 Å². The van der Waals surface area contributed by atoms with Crippen molar-refractivity contribution < 1.29 is 14.7 Å². The number of aliphatic carboxylic acids is 1. The van der Waals surface area contributed by atoms with Crippen LogP contribution in [0.1, 0.15) is 11.1 Å². The molecule has 0 aromatic heterocycles.